The summed E-state index contributed by atoms with van der Waals surface area (Å²) in [5, 5.41) is 9.78. The zero-order chi connectivity index (χ0) is 14.0. The maximum absolute atomic E-state index is 13.3. The molecule has 1 heterocycles. The smallest absolute Gasteiger partial charge is 0.123 e. The second-order valence-electron chi connectivity index (χ2n) is 4.83. The van der Waals surface area contributed by atoms with Crippen LogP contribution in [-0.4, -0.2) is 44.6 Å². The normalized spacial score (nSPS) is 24.8. The first-order chi connectivity index (χ1) is 9.06. The summed E-state index contributed by atoms with van der Waals surface area (Å²) in [5.41, 5.74) is 1.42. The van der Waals surface area contributed by atoms with E-state index in [2.05, 4.69) is 4.90 Å². The summed E-state index contributed by atoms with van der Waals surface area (Å²) in [5.74, 6) is -0.342. The van der Waals surface area contributed by atoms with Crippen LogP contribution in [0, 0.1) is 5.82 Å². The highest BCUT2D eigenvalue weighted by molar-refractivity contribution is 5.56. The first-order valence-corrected chi connectivity index (χ1v) is 6.35. The number of rotatable bonds is 4. The fourth-order valence-electron chi connectivity index (χ4n) is 2.54. The lowest BCUT2D eigenvalue weighted by molar-refractivity contribution is -0.00461. The zero-order valence-corrected chi connectivity index (χ0v) is 11.5. The Morgan fingerprint density at radius 3 is 2.32 bits per heavy atom. The van der Waals surface area contributed by atoms with Crippen LogP contribution in [0.25, 0.3) is 0 Å². The molecule has 0 spiro atoms. The predicted octanol–water partition coefficient (Wildman–Crippen LogP) is 1.73. The third-order valence-electron chi connectivity index (χ3n) is 3.60. The lowest BCUT2D eigenvalue weighted by atomic mass is 10.1. The first-order valence-electron chi connectivity index (χ1n) is 6.35. The van der Waals surface area contributed by atoms with Gasteiger partial charge in [-0.3, -0.25) is 0 Å². The minimum Gasteiger partial charge on any atom is -0.389 e. The Balaban J connectivity index is 2.28. The molecule has 1 aromatic carbocycles. The van der Waals surface area contributed by atoms with Gasteiger partial charge in [-0.05, 0) is 25.1 Å². The van der Waals surface area contributed by atoms with Crippen LogP contribution in [0.15, 0.2) is 18.2 Å². The van der Waals surface area contributed by atoms with Crippen molar-refractivity contribution in [3.8, 4) is 0 Å². The van der Waals surface area contributed by atoms with Gasteiger partial charge in [0.25, 0.3) is 0 Å². The average Bonchev–Trinajstić information content (AvgIpc) is 2.81. The van der Waals surface area contributed by atoms with Crippen LogP contribution in [0.1, 0.15) is 18.6 Å². The monoisotopic (exact) mass is 269 g/mol. The number of halogens is 1. The Labute approximate surface area is 112 Å². The average molecular weight is 269 g/mol. The highest BCUT2D eigenvalue weighted by atomic mass is 19.1. The summed E-state index contributed by atoms with van der Waals surface area (Å²) in [6, 6.07) is 4.48. The summed E-state index contributed by atoms with van der Waals surface area (Å²) in [4.78, 5) is 2.06. The van der Waals surface area contributed by atoms with Gasteiger partial charge in [-0.15, -0.1) is 0 Å². The molecule has 1 aliphatic rings. The van der Waals surface area contributed by atoms with Crippen molar-refractivity contribution in [3.63, 3.8) is 0 Å². The van der Waals surface area contributed by atoms with Gasteiger partial charge in [0.1, 0.15) is 18.0 Å². The summed E-state index contributed by atoms with van der Waals surface area (Å²) >= 11 is 0. The standard InChI is InChI=1S/C14H20FNO3/c1-9(17)11-6-10(15)4-5-12(11)16-7-13(18-2)14(8-16)19-3/h4-6,9,13-14,17H,7-8H2,1-3H3. The zero-order valence-electron chi connectivity index (χ0n) is 11.5. The minimum absolute atomic E-state index is 0.0168. The Kier molecular flexibility index (Phi) is 4.39. The van der Waals surface area contributed by atoms with E-state index >= 15 is 0 Å². The number of hydrogen-bond donors (Lipinski definition) is 1. The molecule has 0 saturated carbocycles. The number of benzene rings is 1. The van der Waals surface area contributed by atoms with Crippen molar-refractivity contribution < 1.29 is 19.0 Å². The molecule has 3 atom stereocenters. The molecule has 2 rings (SSSR count). The summed E-state index contributed by atoms with van der Waals surface area (Å²) < 4.78 is 24.1. The maximum atomic E-state index is 13.3. The first kappa shape index (κ1) is 14.2. The highest BCUT2D eigenvalue weighted by Gasteiger charge is 2.34. The SMILES string of the molecule is COC1CN(c2ccc(F)cc2C(C)O)CC1OC. The summed E-state index contributed by atoms with van der Waals surface area (Å²) in [6.07, 6.45) is -0.748. The molecule has 0 bridgehead atoms. The van der Waals surface area contributed by atoms with E-state index in [1.54, 1.807) is 27.2 Å². The van der Waals surface area contributed by atoms with E-state index in [0.29, 0.717) is 18.7 Å². The lowest BCUT2D eigenvalue weighted by Gasteiger charge is -2.23. The van der Waals surface area contributed by atoms with E-state index in [9.17, 15) is 9.50 Å². The molecule has 4 nitrogen and oxygen atoms in total. The second kappa shape index (κ2) is 5.86. The van der Waals surface area contributed by atoms with Crippen molar-refractivity contribution in [1.29, 1.82) is 0 Å². The van der Waals surface area contributed by atoms with Crippen LogP contribution >= 0.6 is 0 Å². The van der Waals surface area contributed by atoms with Gasteiger partial charge >= 0.3 is 0 Å². The number of anilines is 1. The van der Waals surface area contributed by atoms with Gasteiger partial charge in [0.2, 0.25) is 0 Å². The van der Waals surface area contributed by atoms with Crippen molar-refractivity contribution >= 4 is 5.69 Å². The Bertz CT molecular complexity index is 427. The summed E-state index contributed by atoms with van der Waals surface area (Å²) in [7, 11) is 3.31. The number of aliphatic hydroxyl groups excluding tert-OH is 1. The lowest BCUT2D eigenvalue weighted by Crippen LogP contribution is -2.27. The number of nitrogens with zero attached hydrogens (tertiary/aromatic N) is 1. The van der Waals surface area contributed by atoms with E-state index in [0.717, 1.165) is 5.69 Å². The molecule has 0 aliphatic carbocycles. The van der Waals surface area contributed by atoms with Gasteiger partial charge in [-0.1, -0.05) is 0 Å². The van der Waals surface area contributed by atoms with Gasteiger partial charge in [0, 0.05) is 38.6 Å². The van der Waals surface area contributed by atoms with Gasteiger partial charge in [-0.25, -0.2) is 4.39 Å². The maximum Gasteiger partial charge on any atom is 0.123 e. The number of aliphatic hydroxyl groups is 1. The Morgan fingerprint density at radius 2 is 1.84 bits per heavy atom. The molecule has 1 aromatic rings. The van der Waals surface area contributed by atoms with Crippen molar-refractivity contribution in [1.82, 2.24) is 0 Å². The molecule has 1 saturated heterocycles. The van der Waals surface area contributed by atoms with Gasteiger partial charge in [0.15, 0.2) is 0 Å². The number of methoxy groups -OCH3 is 2. The molecule has 106 valence electrons. The minimum atomic E-state index is -0.715. The predicted molar refractivity (Wildman–Crippen MR) is 70.8 cm³/mol. The molecule has 0 amide bonds. The third-order valence-corrected chi connectivity index (χ3v) is 3.60. The van der Waals surface area contributed by atoms with Gasteiger partial charge in [0.05, 0.1) is 6.10 Å². The van der Waals surface area contributed by atoms with Crippen LogP contribution in [0.5, 0.6) is 0 Å². The van der Waals surface area contributed by atoms with E-state index in [-0.39, 0.29) is 18.0 Å². The molecule has 0 aromatic heterocycles. The molecule has 19 heavy (non-hydrogen) atoms. The second-order valence-corrected chi connectivity index (χ2v) is 4.83. The van der Waals surface area contributed by atoms with E-state index < -0.39 is 6.10 Å². The fourth-order valence-corrected chi connectivity index (χ4v) is 2.54. The molecular formula is C14H20FNO3. The molecule has 1 N–H and O–H groups in total. The van der Waals surface area contributed by atoms with E-state index in [4.69, 9.17) is 9.47 Å². The summed E-state index contributed by atoms with van der Waals surface area (Å²) in [6.45, 7) is 2.97. The Hall–Kier alpha value is -1.17. The quantitative estimate of drug-likeness (QED) is 0.904. The van der Waals surface area contributed by atoms with Crippen molar-refractivity contribution in [2.75, 3.05) is 32.2 Å². The van der Waals surface area contributed by atoms with Gasteiger partial charge < -0.3 is 19.5 Å². The molecule has 1 aliphatic heterocycles. The number of ether oxygens (including phenoxy) is 2. The van der Waals surface area contributed by atoms with Crippen molar-refractivity contribution in [3.05, 3.63) is 29.6 Å². The van der Waals surface area contributed by atoms with Crippen LogP contribution < -0.4 is 4.90 Å². The largest absolute Gasteiger partial charge is 0.389 e. The van der Waals surface area contributed by atoms with Crippen LogP contribution in [0.3, 0.4) is 0 Å². The van der Waals surface area contributed by atoms with Crippen molar-refractivity contribution in [2.24, 2.45) is 0 Å². The molecule has 5 heteroatoms. The van der Waals surface area contributed by atoms with Crippen LogP contribution in [0.4, 0.5) is 10.1 Å². The van der Waals surface area contributed by atoms with Crippen LogP contribution in [-0.2, 0) is 9.47 Å². The van der Waals surface area contributed by atoms with Gasteiger partial charge in [-0.2, -0.15) is 0 Å². The van der Waals surface area contributed by atoms with E-state index in [1.165, 1.54) is 12.1 Å². The third kappa shape index (κ3) is 2.88. The van der Waals surface area contributed by atoms with E-state index in [1.807, 2.05) is 0 Å². The Morgan fingerprint density at radius 1 is 1.26 bits per heavy atom. The molecule has 0 radical (unpaired) electrons. The molecule has 3 unspecified atom stereocenters. The van der Waals surface area contributed by atoms with Crippen LogP contribution in [0.2, 0.25) is 0 Å². The number of hydrogen-bond acceptors (Lipinski definition) is 4. The van der Waals surface area contributed by atoms with Crippen molar-refractivity contribution in [2.45, 2.75) is 25.2 Å². The fraction of sp³-hybridized carbons (Fsp3) is 0.571. The highest BCUT2D eigenvalue weighted by Crippen LogP contribution is 2.31. The molecular weight excluding hydrogens is 249 g/mol. The molecule has 1 fully saturated rings. The topological polar surface area (TPSA) is 41.9 Å².